The van der Waals surface area contributed by atoms with Gasteiger partial charge in [-0.1, -0.05) is 46.3 Å². The third-order valence-electron chi connectivity index (χ3n) is 5.10. The number of Topliss-reactive ketones (excluding diaryl/α,β-unsaturated/α-hetero) is 1. The molecule has 1 aromatic heterocycles. The van der Waals surface area contributed by atoms with Crippen molar-refractivity contribution in [1.29, 1.82) is 0 Å². The van der Waals surface area contributed by atoms with Gasteiger partial charge in [0.15, 0.2) is 6.61 Å². The Bertz CT molecular complexity index is 1350. The van der Waals surface area contributed by atoms with Crippen molar-refractivity contribution in [2.75, 3.05) is 20.8 Å². The van der Waals surface area contributed by atoms with Gasteiger partial charge >= 0.3 is 5.97 Å². The van der Waals surface area contributed by atoms with Crippen molar-refractivity contribution in [3.8, 4) is 22.8 Å². The van der Waals surface area contributed by atoms with E-state index < -0.39 is 18.4 Å². The Morgan fingerprint density at radius 3 is 2.45 bits per heavy atom. The fourth-order valence-electron chi connectivity index (χ4n) is 3.46. The molecule has 33 heavy (non-hydrogen) atoms. The van der Waals surface area contributed by atoms with Crippen molar-refractivity contribution >= 4 is 38.6 Å². The third-order valence-corrected chi connectivity index (χ3v) is 5.59. The Morgan fingerprint density at radius 2 is 1.70 bits per heavy atom. The first-order valence-electron chi connectivity index (χ1n) is 10.1. The summed E-state index contributed by atoms with van der Waals surface area (Å²) in [5, 5.41) is 0.646. The van der Waals surface area contributed by atoms with Crippen LogP contribution in [-0.4, -0.2) is 37.6 Å². The van der Waals surface area contributed by atoms with Crippen LogP contribution in [-0.2, 0) is 4.74 Å². The number of hydrogen-bond donors (Lipinski definition) is 0. The Morgan fingerprint density at radius 1 is 0.879 bits per heavy atom. The average Bonchev–Trinajstić information content (AvgIpc) is 2.85. The molecule has 0 unspecified atom stereocenters. The van der Waals surface area contributed by atoms with Gasteiger partial charge in [-0.25, -0.2) is 9.78 Å². The van der Waals surface area contributed by atoms with Crippen molar-refractivity contribution < 1.29 is 23.8 Å². The summed E-state index contributed by atoms with van der Waals surface area (Å²) in [7, 11) is 2.98. The highest BCUT2D eigenvalue weighted by Crippen LogP contribution is 2.28. The summed E-state index contributed by atoms with van der Waals surface area (Å²) in [5.74, 6) is -0.128. The van der Waals surface area contributed by atoms with E-state index in [1.54, 1.807) is 30.3 Å². The molecule has 4 aromatic rings. The number of methoxy groups -OCH3 is 2. The van der Waals surface area contributed by atoms with Crippen molar-refractivity contribution in [1.82, 2.24) is 4.98 Å². The highest BCUT2D eigenvalue weighted by atomic mass is 79.9. The normalized spacial score (nSPS) is 10.6. The molecule has 6 nitrogen and oxygen atoms in total. The molecule has 0 aliphatic carbocycles. The van der Waals surface area contributed by atoms with E-state index in [1.165, 1.54) is 14.2 Å². The number of rotatable bonds is 7. The SMILES string of the molecule is COc1ccc(OC)c(C(=O)COC(=O)c2cc(-c3cccc(Br)c3)nc3ccccc23)c1. The Balaban J connectivity index is 1.64. The molecule has 0 bridgehead atoms. The van der Waals surface area contributed by atoms with Crippen LogP contribution in [0, 0.1) is 0 Å². The Hall–Kier alpha value is -3.71. The molecule has 0 radical (unpaired) electrons. The summed E-state index contributed by atoms with van der Waals surface area (Å²) < 4.78 is 16.8. The maximum atomic E-state index is 13.1. The highest BCUT2D eigenvalue weighted by molar-refractivity contribution is 9.10. The predicted octanol–water partition coefficient (Wildman–Crippen LogP) is 5.72. The van der Waals surface area contributed by atoms with Gasteiger partial charge in [0.25, 0.3) is 0 Å². The summed E-state index contributed by atoms with van der Waals surface area (Å²) in [5.41, 5.74) is 2.74. The number of aromatic nitrogens is 1. The van der Waals surface area contributed by atoms with Gasteiger partial charge in [0.2, 0.25) is 5.78 Å². The number of ether oxygens (including phenoxy) is 3. The minimum atomic E-state index is -0.611. The van der Waals surface area contributed by atoms with Crippen LogP contribution in [0.4, 0.5) is 0 Å². The fraction of sp³-hybridized carbons (Fsp3) is 0.115. The lowest BCUT2D eigenvalue weighted by molar-refractivity contribution is 0.0476. The zero-order chi connectivity index (χ0) is 23.4. The second-order valence-electron chi connectivity index (χ2n) is 7.15. The molecule has 4 rings (SSSR count). The van der Waals surface area contributed by atoms with Crippen LogP contribution in [0.25, 0.3) is 22.2 Å². The minimum absolute atomic E-state index is 0.277. The lowest BCUT2D eigenvalue weighted by Crippen LogP contribution is -2.15. The largest absolute Gasteiger partial charge is 0.497 e. The van der Waals surface area contributed by atoms with Crippen LogP contribution in [0.1, 0.15) is 20.7 Å². The molecule has 0 saturated carbocycles. The van der Waals surface area contributed by atoms with Crippen LogP contribution >= 0.6 is 15.9 Å². The number of esters is 1. The molecule has 166 valence electrons. The molecule has 0 fully saturated rings. The average molecular weight is 506 g/mol. The first kappa shape index (κ1) is 22.5. The van der Waals surface area contributed by atoms with Gasteiger partial charge in [0.05, 0.1) is 36.6 Å². The molecule has 0 aliphatic rings. The topological polar surface area (TPSA) is 74.7 Å². The lowest BCUT2D eigenvalue weighted by Gasteiger charge is -2.12. The summed E-state index contributed by atoms with van der Waals surface area (Å²) in [6.45, 7) is -0.439. The van der Waals surface area contributed by atoms with Crippen LogP contribution < -0.4 is 9.47 Å². The van der Waals surface area contributed by atoms with E-state index in [1.807, 2.05) is 42.5 Å². The smallest absolute Gasteiger partial charge is 0.339 e. The number of benzene rings is 3. The Kier molecular flexibility index (Phi) is 6.70. The van der Waals surface area contributed by atoms with Crippen molar-refractivity contribution in [3.05, 3.63) is 88.4 Å². The molecule has 0 amide bonds. The predicted molar refractivity (Wildman–Crippen MR) is 129 cm³/mol. The lowest BCUT2D eigenvalue weighted by atomic mass is 10.0. The Labute approximate surface area is 199 Å². The molecule has 1 heterocycles. The zero-order valence-electron chi connectivity index (χ0n) is 18.0. The number of hydrogen-bond acceptors (Lipinski definition) is 6. The van der Waals surface area contributed by atoms with Crippen LogP contribution in [0.5, 0.6) is 11.5 Å². The number of carbonyl (C=O) groups excluding carboxylic acids is 2. The molecule has 0 spiro atoms. The first-order chi connectivity index (χ1) is 16.0. The second-order valence-corrected chi connectivity index (χ2v) is 8.06. The number of nitrogens with zero attached hydrogens (tertiary/aromatic N) is 1. The minimum Gasteiger partial charge on any atom is -0.497 e. The van der Waals surface area contributed by atoms with Crippen molar-refractivity contribution in [3.63, 3.8) is 0 Å². The molecule has 0 atom stereocenters. The van der Waals surface area contributed by atoms with Crippen molar-refractivity contribution in [2.45, 2.75) is 0 Å². The van der Waals surface area contributed by atoms with Gasteiger partial charge in [-0.05, 0) is 42.5 Å². The van der Waals surface area contributed by atoms with Crippen molar-refractivity contribution in [2.24, 2.45) is 0 Å². The quantitative estimate of drug-likeness (QED) is 0.236. The van der Waals surface area contributed by atoms with Crippen LogP contribution in [0.15, 0.2) is 77.3 Å². The van der Waals surface area contributed by atoms with E-state index >= 15 is 0 Å². The maximum Gasteiger partial charge on any atom is 0.339 e. The highest BCUT2D eigenvalue weighted by Gasteiger charge is 2.19. The number of para-hydroxylation sites is 1. The number of fused-ring (bicyclic) bond motifs is 1. The molecular formula is C26H20BrNO5. The molecule has 0 saturated heterocycles. The maximum absolute atomic E-state index is 13.1. The molecule has 3 aromatic carbocycles. The first-order valence-corrected chi connectivity index (χ1v) is 10.9. The van der Waals surface area contributed by atoms with E-state index in [9.17, 15) is 9.59 Å². The van der Waals surface area contributed by atoms with Gasteiger partial charge in [0.1, 0.15) is 11.5 Å². The van der Waals surface area contributed by atoms with Gasteiger partial charge < -0.3 is 14.2 Å². The third kappa shape index (κ3) is 4.88. The molecule has 7 heteroatoms. The molecule has 0 N–H and O–H groups in total. The van der Waals surface area contributed by atoms with Crippen LogP contribution in [0.3, 0.4) is 0 Å². The van der Waals surface area contributed by atoms with E-state index in [0.717, 1.165) is 10.0 Å². The van der Waals surface area contributed by atoms with Gasteiger partial charge in [0, 0.05) is 15.4 Å². The monoisotopic (exact) mass is 505 g/mol. The number of pyridine rings is 1. The van der Waals surface area contributed by atoms with Gasteiger partial charge in [-0.2, -0.15) is 0 Å². The summed E-state index contributed by atoms with van der Waals surface area (Å²) >= 11 is 3.47. The van der Waals surface area contributed by atoms with Gasteiger partial charge in [-0.3, -0.25) is 4.79 Å². The number of halogens is 1. The molecule has 0 aliphatic heterocycles. The zero-order valence-corrected chi connectivity index (χ0v) is 19.6. The fourth-order valence-corrected chi connectivity index (χ4v) is 3.86. The number of ketones is 1. The van der Waals surface area contributed by atoms with E-state index in [4.69, 9.17) is 14.2 Å². The van der Waals surface area contributed by atoms with E-state index in [2.05, 4.69) is 20.9 Å². The van der Waals surface area contributed by atoms with Crippen LogP contribution in [0.2, 0.25) is 0 Å². The van der Waals surface area contributed by atoms with E-state index in [0.29, 0.717) is 33.7 Å². The molecular weight excluding hydrogens is 486 g/mol. The number of carbonyl (C=O) groups is 2. The summed E-state index contributed by atoms with van der Waals surface area (Å²) in [4.78, 5) is 30.5. The standard InChI is InChI=1S/C26H20BrNO5/c1-31-18-10-11-25(32-2)21(13-18)24(29)15-33-26(30)20-14-23(16-6-5-7-17(27)12-16)28-22-9-4-3-8-19(20)22/h3-14H,15H2,1-2H3. The summed E-state index contributed by atoms with van der Waals surface area (Å²) in [6, 6.07) is 21.5. The van der Waals surface area contributed by atoms with E-state index in [-0.39, 0.29) is 5.56 Å². The summed E-state index contributed by atoms with van der Waals surface area (Å²) in [6.07, 6.45) is 0. The van der Waals surface area contributed by atoms with Gasteiger partial charge in [-0.15, -0.1) is 0 Å². The second kappa shape index (κ2) is 9.83.